The van der Waals surface area contributed by atoms with Crippen molar-refractivity contribution < 1.29 is 9.90 Å². The molecular weight excluding hydrogens is 531 g/mol. The number of hydrogen-bond donors (Lipinski definition) is 1. The maximum absolute atomic E-state index is 10.5. The van der Waals surface area contributed by atoms with Crippen molar-refractivity contribution in [1.29, 1.82) is 0 Å². The average Bonchev–Trinajstić information content (AvgIpc) is 2.83. The van der Waals surface area contributed by atoms with Gasteiger partial charge in [-0.1, -0.05) is 190 Å². The summed E-state index contributed by atoms with van der Waals surface area (Å²) in [6.45, 7) is 0. The minimum atomic E-state index is -0.648. The Labute approximate surface area is 228 Å². The van der Waals surface area contributed by atoms with Gasteiger partial charge >= 0.3 is 5.97 Å². The lowest BCUT2D eigenvalue weighted by atomic mass is 10.0. The van der Waals surface area contributed by atoms with Crippen LogP contribution in [-0.2, 0) is 4.79 Å². The quantitative estimate of drug-likeness (QED) is 0.0512. The predicted octanol–water partition coefficient (Wildman–Crippen LogP) is 11.8. The molecule has 0 fully saturated rings. The highest BCUT2D eigenvalue weighted by atomic mass is 127. The number of hydrogen-bond acceptors (Lipinski definition) is 1. The first kappa shape index (κ1) is 34.2. The van der Waals surface area contributed by atoms with Crippen LogP contribution in [0.4, 0.5) is 0 Å². The second kappa shape index (κ2) is 31.2. The van der Waals surface area contributed by atoms with Crippen molar-refractivity contribution in [2.75, 3.05) is 4.43 Å². The molecule has 0 saturated heterocycles. The molecule has 204 valence electrons. The second-order valence-corrected chi connectivity index (χ2v) is 11.8. The monoisotopic (exact) mass is 592 g/mol. The Morgan fingerprint density at radius 3 is 0.706 bits per heavy atom. The molecule has 0 atom stereocenters. The summed E-state index contributed by atoms with van der Waals surface area (Å²) in [4.78, 5) is 10.5. The van der Waals surface area contributed by atoms with Gasteiger partial charge in [-0.2, -0.15) is 0 Å². The first-order valence-electron chi connectivity index (χ1n) is 15.5. The molecule has 0 rings (SSSR count). The number of rotatable bonds is 30. The molecule has 0 aromatic rings. The summed E-state index contributed by atoms with van der Waals surface area (Å²) in [6.07, 6.45) is 39.5. The minimum absolute atomic E-state index is 0.347. The van der Waals surface area contributed by atoms with Gasteiger partial charge in [0.2, 0.25) is 0 Å². The van der Waals surface area contributed by atoms with Gasteiger partial charge in [0, 0.05) is 6.42 Å². The lowest BCUT2D eigenvalue weighted by molar-refractivity contribution is -0.137. The summed E-state index contributed by atoms with van der Waals surface area (Å²) in [5.74, 6) is -0.648. The van der Waals surface area contributed by atoms with Crippen LogP contribution >= 0.6 is 22.6 Å². The van der Waals surface area contributed by atoms with Crippen LogP contribution in [0.5, 0.6) is 0 Å². The number of carboxylic acid groups (broad SMARTS) is 1. The van der Waals surface area contributed by atoms with E-state index in [2.05, 4.69) is 22.6 Å². The maximum Gasteiger partial charge on any atom is 0.303 e. The Bertz CT molecular complexity index is 386. The number of carbonyl (C=O) groups is 1. The van der Waals surface area contributed by atoms with E-state index in [1.165, 1.54) is 171 Å². The summed E-state index contributed by atoms with van der Waals surface area (Å²) in [5.41, 5.74) is 0. The van der Waals surface area contributed by atoms with Crippen molar-refractivity contribution >= 4 is 28.6 Å². The molecule has 0 aliphatic heterocycles. The zero-order valence-corrected chi connectivity index (χ0v) is 25.1. The highest BCUT2D eigenvalue weighted by Gasteiger charge is 1.98. The fraction of sp³-hybridized carbons (Fsp3) is 0.968. The van der Waals surface area contributed by atoms with Crippen LogP contribution in [-0.4, -0.2) is 15.5 Å². The van der Waals surface area contributed by atoms with Gasteiger partial charge < -0.3 is 5.11 Å². The minimum Gasteiger partial charge on any atom is -0.481 e. The predicted molar refractivity (Wildman–Crippen MR) is 160 cm³/mol. The Balaban J connectivity index is 3.01. The molecular formula is C31H61IO2. The molecule has 0 aliphatic carbocycles. The fourth-order valence-electron chi connectivity index (χ4n) is 4.97. The van der Waals surface area contributed by atoms with Crippen molar-refractivity contribution in [2.24, 2.45) is 0 Å². The van der Waals surface area contributed by atoms with E-state index < -0.39 is 5.97 Å². The molecule has 0 saturated carbocycles. The van der Waals surface area contributed by atoms with Crippen molar-refractivity contribution in [1.82, 2.24) is 0 Å². The molecule has 2 nitrogen and oxygen atoms in total. The number of aliphatic carboxylic acids is 1. The summed E-state index contributed by atoms with van der Waals surface area (Å²) in [6, 6.07) is 0. The van der Waals surface area contributed by atoms with Crippen LogP contribution in [0.25, 0.3) is 0 Å². The van der Waals surface area contributed by atoms with Crippen molar-refractivity contribution in [2.45, 2.75) is 186 Å². The Morgan fingerprint density at radius 2 is 0.529 bits per heavy atom. The van der Waals surface area contributed by atoms with Crippen LogP contribution in [0.1, 0.15) is 186 Å². The van der Waals surface area contributed by atoms with Gasteiger partial charge in [0.1, 0.15) is 0 Å². The van der Waals surface area contributed by atoms with Crippen molar-refractivity contribution in [3.63, 3.8) is 0 Å². The molecule has 0 radical (unpaired) electrons. The van der Waals surface area contributed by atoms with E-state index in [9.17, 15) is 4.79 Å². The number of carboxylic acids is 1. The zero-order valence-electron chi connectivity index (χ0n) is 22.9. The van der Waals surface area contributed by atoms with Crippen LogP contribution < -0.4 is 0 Å². The Morgan fingerprint density at radius 1 is 0.353 bits per heavy atom. The topological polar surface area (TPSA) is 37.3 Å². The summed E-state index contributed by atoms with van der Waals surface area (Å²) in [7, 11) is 0. The van der Waals surface area contributed by atoms with Crippen LogP contribution in [0.3, 0.4) is 0 Å². The second-order valence-electron chi connectivity index (χ2n) is 10.7. The molecule has 0 aromatic carbocycles. The van der Waals surface area contributed by atoms with Crippen LogP contribution in [0.2, 0.25) is 0 Å². The third-order valence-electron chi connectivity index (χ3n) is 7.27. The molecule has 1 N–H and O–H groups in total. The SMILES string of the molecule is O=C(O)CCCCCCCCCCCCCCCCCCCCCCCCCCCCCCI. The van der Waals surface area contributed by atoms with Crippen LogP contribution in [0.15, 0.2) is 0 Å². The first-order chi connectivity index (χ1) is 16.8. The number of halogens is 1. The molecule has 3 heteroatoms. The van der Waals surface area contributed by atoms with Crippen molar-refractivity contribution in [3.8, 4) is 0 Å². The Kier molecular flexibility index (Phi) is 31.4. The number of alkyl halides is 1. The molecule has 0 amide bonds. The van der Waals surface area contributed by atoms with Gasteiger partial charge in [0.25, 0.3) is 0 Å². The third kappa shape index (κ3) is 32.2. The van der Waals surface area contributed by atoms with E-state index in [1.807, 2.05) is 0 Å². The largest absolute Gasteiger partial charge is 0.481 e. The molecule has 0 aromatic heterocycles. The summed E-state index contributed by atoms with van der Waals surface area (Å²) < 4.78 is 1.34. The van der Waals surface area contributed by atoms with Gasteiger partial charge in [-0.15, -0.1) is 0 Å². The molecule has 0 aliphatic rings. The van der Waals surface area contributed by atoms with E-state index in [-0.39, 0.29) is 0 Å². The van der Waals surface area contributed by atoms with Gasteiger partial charge in [-0.3, -0.25) is 4.79 Å². The fourth-order valence-corrected chi connectivity index (χ4v) is 5.51. The molecule has 0 heterocycles. The summed E-state index contributed by atoms with van der Waals surface area (Å²) >= 11 is 2.49. The van der Waals surface area contributed by atoms with Gasteiger partial charge in [-0.25, -0.2) is 0 Å². The van der Waals surface area contributed by atoms with Crippen molar-refractivity contribution in [3.05, 3.63) is 0 Å². The Hall–Kier alpha value is 0.200. The smallest absolute Gasteiger partial charge is 0.303 e. The number of unbranched alkanes of at least 4 members (excludes halogenated alkanes) is 27. The standard InChI is InChI=1S/C31H61IO2/c32-30-28-26-24-22-20-18-16-14-12-10-8-6-4-2-1-3-5-7-9-11-13-15-17-19-21-23-25-27-29-31(33)34/h1-30H2,(H,33,34). The lowest BCUT2D eigenvalue weighted by Crippen LogP contribution is -1.93. The van der Waals surface area contributed by atoms with Gasteiger partial charge in [-0.05, 0) is 17.3 Å². The maximum atomic E-state index is 10.5. The van der Waals surface area contributed by atoms with Crippen LogP contribution in [0, 0.1) is 0 Å². The lowest BCUT2D eigenvalue weighted by Gasteiger charge is -2.04. The van der Waals surface area contributed by atoms with E-state index >= 15 is 0 Å². The average molecular weight is 593 g/mol. The summed E-state index contributed by atoms with van der Waals surface area (Å²) in [5, 5.41) is 8.61. The zero-order chi connectivity index (χ0) is 24.8. The molecule has 0 unspecified atom stereocenters. The van der Waals surface area contributed by atoms with Gasteiger partial charge in [0.05, 0.1) is 0 Å². The van der Waals surface area contributed by atoms with Gasteiger partial charge in [0.15, 0.2) is 0 Å². The first-order valence-corrected chi connectivity index (χ1v) is 17.1. The van der Waals surface area contributed by atoms with E-state index in [1.54, 1.807) is 0 Å². The molecule has 0 spiro atoms. The van der Waals surface area contributed by atoms with E-state index in [0.29, 0.717) is 6.42 Å². The van der Waals surface area contributed by atoms with E-state index in [0.717, 1.165) is 12.8 Å². The molecule has 34 heavy (non-hydrogen) atoms. The third-order valence-corrected chi connectivity index (χ3v) is 8.04. The normalized spacial score (nSPS) is 11.3. The molecule has 0 bridgehead atoms. The highest BCUT2D eigenvalue weighted by Crippen LogP contribution is 2.16. The van der Waals surface area contributed by atoms with E-state index in [4.69, 9.17) is 5.11 Å². The highest BCUT2D eigenvalue weighted by molar-refractivity contribution is 14.1.